The Hall–Kier alpha value is -3.02. The molecule has 0 amide bonds. The van der Waals surface area contributed by atoms with E-state index in [4.69, 9.17) is 11.6 Å². The Morgan fingerprint density at radius 2 is 1.84 bits per heavy atom. The number of benzene rings is 2. The molecule has 2 heterocycles. The fourth-order valence-corrected chi connectivity index (χ4v) is 4.42. The standard InChI is InChI=1S/C19H20ClN7O3S/c1-4-25-17-10-9-13(31(29,30)24(2)3)11-15(17)21-18(25)12-26-19(28)27(23-22-26)16-8-6-5-7-14(16)20/h5-11H,4,12H2,1-3H3. The minimum absolute atomic E-state index is 0.0710. The Morgan fingerprint density at radius 3 is 2.52 bits per heavy atom. The molecule has 0 N–H and O–H groups in total. The van der Waals surface area contributed by atoms with E-state index in [2.05, 4.69) is 15.4 Å². The highest BCUT2D eigenvalue weighted by Gasteiger charge is 2.20. The average molecular weight is 462 g/mol. The molecule has 10 nitrogen and oxygen atoms in total. The molecule has 0 unspecified atom stereocenters. The van der Waals surface area contributed by atoms with Gasteiger partial charge in [0.25, 0.3) is 0 Å². The van der Waals surface area contributed by atoms with Gasteiger partial charge in [-0.3, -0.25) is 0 Å². The van der Waals surface area contributed by atoms with Crippen molar-refractivity contribution in [3.8, 4) is 5.69 Å². The van der Waals surface area contributed by atoms with Crippen molar-refractivity contribution in [1.29, 1.82) is 0 Å². The molecule has 4 rings (SSSR count). The molecular formula is C19H20ClN7O3S. The zero-order chi connectivity index (χ0) is 22.3. The number of rotatable bonds is 6. The van der Waals surface area contributed by atoms with Gasteiger partial charge in [0.1, 0.15) is 12.4 Å². The van der Waals surface area contributed by atoms with E-state index in [0.717, 1.165) is 14.5 Å². The van der Waals surface area contributed by atoms with Crippen LogP contribution in [0, 0.1) is 0 Å². The van der Waals surface area contributed by atoms with E-state index in [0.29, 0.717) is 28.6 Å². The number of tetrazole rings is 1. The molecular weight excluding hydrogens is 442 g/mol. The molecule has 0 aliphatic rings. The van der Waals surface area contributed by atoms with Gasteiger partial charge in [0.05, 0.1) is 26.6 Å². The quantitative estimate of drug-likeness (QED) is 0.433. The van der Waals surface area contributed by atoms with E-state index in [1.807, 2.05) is 11.5 Å². The summed E-state index contributed by atoms with van der Waals surface area (Å²) in [7, 11) is -0.632. The van der Waals surface area contributed by atoms with Gasteiger partial charge in [-0.1, -0.05) is 23.7 Å². The van der Waals surface area contributed by atoms with Crippen LogP contribution in [-0.2, 0) is 23.1 Å². The van der Waals surface area contributed by atoms with Crippen LogP contribution in [0.2, 0.25) is 5.02 Å². The first-order valence-corrected chi connectivity index (χ1v) is 11.2. The minimum atomic E-state index is -3.58. The smallest absolute Gasteiger partial charge is 0.327 e. The van der Waals surface area contributed by atoms with Crippen LogP contribution >= 0.6 is 11.6 Å². The third-order valence-corrected chi connectivity index (χ3v) is 7.04. The molecule has 0 spiro atoms. The number of aryl methyl sites for hydroxylation is 1. The maximum absolute atomic E-state index is 12.8. The van der Waals surface area contributed by atoms with Gasteiger partial charge in [-0.15, -0.1) is 0 Å². The number of fused-ring (bicyclic) bond motifs is 1. The first-order chi connectivity index (χ1) is 14.7. The van der Waals surface area contributed by atoms with Gasteiger partial charge in [-0.25, -0.2) is 22.5 Å². The van der Waals surface area contributed by atoms with Crippen molar-refractivity contribution in [2.24, 2.45) is 0 Å². The van der Waals surface area contributed by atoms with Gasteiger partial charge in [0.15, 0.2) is 0 Å². The molecule has 0 bridgehead atoms. The van der Waals surface area contributed by atoms with E-state index >= 15 is 0 Å². The summed E-state index contributed by atoms with van der Waals surface area (Å²) in [4.78, 5) is 17.5. The lowest BCUT2D eigenvalue weighted by atomic mass is 10.3. The predicted molar refractivity (Wildman–Crippen MR) is 116 cm³/mol. The van der Waals surface area contributed by atoms with Gasteiger partial charge in [0, 0.05) is 20.6 Å². The third-order valence-electron chi connectivity index (χ3n) is 4.90. The number of aromatic nitrogens is 6. The molecule has 31 heavy (non-hydrogen) atoms. The van der Waals surface area contributed by atoms with E-state index in [9.17, 15) is 13.2 Å². The van der Waals surface area contributed by atoms with Gasteiger partial charge < -0.3 is 4.57 Å². The number of nitrogens with zero attached hydrogens (tertiary/aromatic N) is 7. The molecule has 4 aromatic rings. The number of hydrogen-bond donors (Lipinski definition) is 0. The molecule has 2 aromatic heterocycles. The Bertz CT molecular complexity index is 1440. The fourth-order valence-electron chi connectivity index (χ4n) is 3.29. The lowest BCUT2D eigenvalue weighted by Crippen LogP contribution is -2.26. The van der Waals surface area contributed by atoms with E-state index in [1.165, 1.54) is 24.8 Å². The Morgan fingerprint density at radius 1 is 1.10 bits per heavy atom. The van der Waals surface area contributed by atoms with Crippen molar-refractivity contribution < 1.29 is 8.42 Å². The molecule has 0 aliphatic heterocycles. The highest BCUT2D eigenvalue weighted by Crippen LogP contribution is 2.22. The topological polar surface area (TPSA) is 108 Å². The van der Waals surface area contributed by atoms with Crippen LogP contribution in [0.3, 0.4) is 0 Å². The summed E-state index contributed by atoms with van der Waals surface area (Å²) in [6, 6.07) is 11.7. The molecule has 12 heteroatoms. The number of imidazole rings is 1. The molecule has 0 fully saturated rings. The van der Waals surface area contributed by atoms with Crippen molar-refractivity contribution >= 4 is 32.7 Å². The first kappa shape index (κ1) is 21.2. The van der Waals surface area contributed by atoms with Gasteiger partial charge in [0.2, 0.25) is 10.0 Å². The van der Waals surface area contributed by atoms with Crippen LogP contribution in [0.25, 0.3) is 16.7 Å². The molecule has 0 aliphatic carbocycles. The van der Waals surface area contributed by atoms with Crippen molar-refractivity contribution in [2.45, 2.75) is 24.9 Å². The van der Waals surface area contributed by atoms with Gasteiger partial charge >= 0.3 is 5.69 Å². The fraction of sp³-hybridized carbons (Fsp3) is 0.263. The van der Waals surface area contributed by atoms with E-state index < -0.39 is 15.7 Å². The molecule has 0 saturated heterocycles. The molecule has 0 saturated carbocycles. The van der Waals surface area contributed by atoms with Crippen LogP contribution in [0.4, 0.5) is 0 Å². The second-order valence-corrected chi connectivity index (χ2v) is 9.55. The zero-order valence-corrected chi connectivity index (χ0v) is 18.7. The highest BCUT2D eigenvalue weighted by molar-refractivity contribution is 7.89. The largest absolute Gasteiger partial charge is 0.368 e. The van der Waals surface area contributed by atoms with E-state index in [1.54, 1.807) is 36.4 Å². The van der Waals surface area contributed by atoms with Crippen LogP contribution < -0.4 is 5.69 Å². The molecule has 0 radical (unpaired) electrons. The van der Waals surface area contributed by atoms with Crippen LogP contribution in [0.5, 0.6) is 0 Å². The van der Waals surface area contributed by atoms with Crippen molar-refractivity contribution in [1.82, 2.24) is 33.6 Å². The predicted octanol–water partition coefficient (Wildman–Crippen LogP) is 1.75. The number of para-hydroxylation sites is 1. The van der Waals surface area contributed by atoms with Crippen molar-refractivity contribution in [3.05, 3.63) is 63.8 Å². The minimum Gasteiger partial charge on any atom is -0.327 e. The summed E-state index contributed by atoms with van der Waals surface area (Å²) in [5.41, 5.74) is 1.26. The maximum Gasteiger partial charge on any atom is 0.368 e. The molecule has 0 atom stereocenters. The highest BCUT2D eigenvalue weighted by atomic mass is 35.5. The molecule has 2 aromatic carbocycles. The normalized spacial score (nSPS) is 12.2. The summed E-state index contributed by atoms with van der Waals surface area (Å²) >= 11 is 6.17. The summed E-state index contributed by atoms with van der Waals surface area (Å²) in [6.45, 7) is 2.60. The number of halogens is 1. The van der Waals surface area contributed by atoms with Crippen molar-refractivity contribution in [3.63, 3.8) is 0 Å². The van der Waals surface area contributed by atoms with Gasteiger partial charge in [-0.2, -0.15) is 9.36 Å². The summed E-state index contributed by atoms with van der Waals surface area (Å²) in [6.07, 6.45) is 0. The SMILES string of the molecule is CCn1c(Cn2nnn(-c3ccccc3Cl)c2=O)nc2cc(S(=O)(=O)N(C)C)ccc21. The zero-order valence-electron chi connectivity index (χ0n) is 17.1. The summed E-state index contributed by atoms with van der Waals surface area (Å²) < 4.78 is 30.3. The Balaban J connectivity index is 1.76. The monoisotopic (exact) mass is 461 g/mol. The van der Waals surface area contributed by atoms with Crippen LogP contribution in [-0.4, -0.2) is 56.2 Å². The number of sulfonamides is 1. The lowest BCUT2D eigenvalue weighted by molar-refractivity contribution is 0.521. The number of hydrogen-bond acceptors (Lipinski definition) is 6. The summed E-state index contributed by atoms with van der Waals surface area (Å²) in [5, 5.41) is 8.27. The maximum atomic E-state index is 12.8. The van der Waals surface area contributed by atoms with E-state index in [-0.39, 0.29) is 11.4 Å². The second-order valence-electron chi connectivity index (χ2n) is 6.99. The lowest BCUT2D eigenvalue weighted by Gasteiger charge is -2.11. The summed E-state index contributed by atoms with van der Waals surface area (Å²) in [5.74, 6) is 0.560. The first-order valence-electron chi connectivity index (χ1n) is 9.43. The third kappa shape index (κ3) is 3.64. The molecule has 162 valence electrons. The van der Waals surface area contributed by atoms with Crippen LogP contribution in [0.1, 0.15) is 12.7 Å². The van der Waals surface area contributed by atoms with Gasteiger partial charge in [-0.05, 0) is 47.7 Å². The Labute approximate surface area is 183 Å². The van der Waals surface area contributed by atoms with Crippen molar-refractivity contribution in [2.75, 3.05) is 14.1 Å². The second kappa shape index (κ2) is 7.91. The average Bonchev–Trinajstić information content (AvgIpc) is 3.27. The Kier molecular flexibility index (Phi) is 5.42. The van der Waals surface area contributed by atoms with Crippen LogP contribution in [0.15, 0.2) is 52.2 Å².